The molecular weight excluding hydrogens is 420 g/mol. The zero-order valence-electron chi connectivity index (χ0n) is 19.7. The van der Waals surface area contributed by atoms with E-state index in [1.54, 1.807) is 48.6 Å². The molecule has 8 nitrogen and oxygen atoms in total. The summed E-state index contributed by atoms with van der Waals surface area (Å²) in [7, 11) is 0. The van der Waals surface area contributed by atoms with E-state index in [2.05, 4.69) is 29.1 Å². The third-order valence-electron chi connectivity index (χ3n) is 4.33. The minimum atomic E-state index is -0.988. The Morgan fingerprint density at radius 1 is 1.03 bits per heavy atom. The van der Waals surface area contributed by atoms with Crippen molar-refractivity contribution in [3.8, 4) is 0 Å². The van der Waals surface area contributed by atoms with Crippen LogP contribution in [-0.4, -0.2) is 42.6 Å². The van der Waals surface area contributed by atoms with E-state index in [0.29, 0.717) is 18.4 Å². The highest BCUT2D eigenvalue weighted by atomic mass is 16.2. The van der Waals surface area contributed by atoms with Crippen LogP contribution in [0.4, 0.5) is 0 Å². The van der Waals surface area contributed by atoms with Gasteiger partial charge < -0.3 is 21.7 Å². The molecule has 8 heteroatoms. The second-order valence-electron chi connectivity index (χ2n) is 6.75. The summed E-state index contributed by atoms with van der Waals surface area (Å²) >= 11 is 0. The van der Waals surface area contributed by atoms with Crippen LogP contribution in [0, 0.1) is 0 Å². The van der Waals surface area contributed by atoms with Gasteiger partial charge in [0.2, 0.25) is 17.6 Å². The van der Waals surface area contributed by atoms with Crippen molar-refractivity contribution in [1.29, 1.82) is 0 Å². The van der Waals surface area contributed by atoms with Gasteiger partial charge in [0.15, 0.2) is 0 Å². The van der Waals surface area contributed by atoms with E-state index in [4.69, 9.17) is 5.73 Å². The minimum absolute atomic E-state index is 0.202. The summed E-state index contributed by atoms with van der Waals surface area (Å²) in [5.41, 5.74) is 6.95. The number of allylic oxidation sites excluding steroid dienone is 2. The fourth-order valence-electron chi connectivity index (χ4n) is 2.66. The molecule has 0 heterocycles. The molecule has 0 radical (unpaired) electrons. The Bertz CT molecular complexity index is 834. The summed E-state index contributed by atoms with van der Waals surface area (Å²) < 4.78 is 0. The molecule has 3 amide bonds. The number of carbonyl (C=O) groups excluding carboxylic acids is 4. The van der Waals surface area contributed by atoms with E-state index in [1.165, 1.54) is 0 Å². The van der Waals surface area contributed by atoms with Crippen molar-refractivity contribution < 1.29 is 19.2 Å². The molecule has 180 valence electrons. The quantitative estimate of drug-likeness (QED) is 0.267. The van der Waals surface area contributed by atoms with E-state index in [9.17, 15) is 19.2 Å². The van der Waals surface area contributed by atoms with Crippen LogP contribution >= 0.6 is 0 Å². The standard InChI is InChI=1S/C23H30N4O4.C2H6/c1-4-10-16(6-3)14-25-22(30)20(17-12-8-7-9-13-17)27-19(28)15-26-23(31)21(29)18(24)11-5-2;1-2/h4,6-10,12-13,18,20H,1,3,5,11,14-15,24H2,2H3,(H,25,30)(H,26,31)(H,27,28);1-2H3/b16-10+;. The Morgan fingerprint density at radius 3 is 2.21 bits per heavy atom. The first kappa shape index (κ1) is 29.5. The number of hydrogen-bond donors (Lipinski definition) is 4. The summed E-state index contributed by atoms with van der Waals surface area (Å²) in [6.45, 7) is 12.9. The number of nitrogens with one attached hydrogen (secondary N) is 3. The van der Waals surface area contributed by atoms with Crippen LogP contribution in [0.15, 0.2) is 67.3 Å². The maximum Gasteiger partial charge on any atom is 0.289 e. The van der Waals surface area contributed by atoms with Crippen LogP contribution in [0.25, 0.3) is 0 Å². The lowest BCUT2D eigenvalue weighted by Gasteiger charge is -2.19. The Kier molecular flexibility index (Phi) is 15.3. The maximum absolute atomic E-state index is 12.7. The Labute approximate surface area is 196 Å². The minimum Gasteiger partial charge on any atom is -0.350 e. The maximum atomic E-state index is 12.7. The largest absolute Gasteiger partial charge is 0.350 e. The average molecular weight is 457 g/mol. The first-order valence-electron chi connectivity index (χ1n) is 11.0. The molecule has 0 fully saturated rings. The highest BCUT2D eigenvalue weighted by molar-refractivity contribution is 6.38. The van der Waals surface area contributed by atoms with E-state index in [1.807, 2.05) is 20.8 Å². The van der Waals surface area contributed by atoms with Gasteiger partial charge in [-0.1, -0.05) is 88.9 Å². The van der Waals surface area contributed by atoms with Gasteiger partial charge in [0.1, 0.15) is 6.04 Å². The number of Topliss-reactive ketones (excluding diaryl/α,β-unsaturated/α-hetero) is 1. The molecule has 0 saturated heterocycles. The first-order valence-corrected chi connectivity index (χ1v) is 11.0. The van der Waals surface area contributed by atoms with Crippen LogP contribution < -0.4 is 21.7 Å². The third kappa shape index (κ3) is 11.1. The zero-order chi connectivity index (χ0) is 25.2. The number of ketones is 1. The molecule has 0 aliphatic heterocycles. The lowest BCUT2D eigenvalue weighted by atomic mass is 10.1. The number of nitrogens with two attached hydrogens (primary N) is 1. The molecule has 1 aromatic carbocycles. The van der Waals surface area contributed by atoms with E-state index in [-0.39, 0.29) is 6.54 Å². The number of benzene rings is 1. The van der Waals surface area contributed by atoms with E-state index < -0.39 is 42.1 Å². The molecule has 0 aliphatic carbocycles. The number of carbonyl (C=O) groups is 4. The van der Waals surface area contributed by atoms with Gasteiger partial charge in [-0.05, 0) is 17.6 Å². The van der Waals surface area contributed by atoms with Gasteiger partial charge in [0, 0.05) is 6.54 Å². The van der Waals surface area contributed by atoms with E-state index in [0.717, 1.165) is 5.57 Å². The van der Waals surface area contributed by atoms with Crippen LogP contribution in [0.2, 0.25) is 0 Å². The highest BCUT2D eigenvalue weighted by Gasteiger charge is 2.24. The number of rotatable bonds is 13. The molecule has 0 aromatic heterocycles. The zero-order valence-corrected chi connectivity index (χ0v) is 19.7. The summed E-state index contributed by atoms with van der Waals surface area (Å²) in [6.07, 6.45) is 5.91. The molecular formula is C25H36N4O4. The summed E-state index contributed by atoms with van der Waals surface area (Å²) in [5.74, 6) is -2.77. The molecule has 2 unspecified atom stereocenters. The molecule has 33 heavy (non-hydrogen) atoms. The van der Waals surface area contributed by atoms with Crippen molar-refractivity contribution in [3.05, 3.63) is 72.9 Å². The molecule has 2 atom stereocenters. The molecule has 1 aromatic rings. The van der Waals surface area contributed by atoms with Crippen LogP contribution in [0.5, 0.6) is 0 Å². The van der Waals surface area contributed by atoms with Crippen molar-refractivity contribution in [3.63, 3.8) is 0 Å². The van der Waals surface area contributed by atoms with Crippen molar-refractivity contribution in [2.75, 3.05) is 13.1 Å². The fraction of sp³-hybridized carbons (Fsp3) is 0.360. The van der Waals surface area contributed by atoms with Gasteiger partial charge >= 0.3 is 0 Å². The summed E-state index contributed by atoms with van der Waals surface area (Å²) in [6, 6.07) is 6.77. The Balaban J connectivity index is 0.00000497. The SMILES string of the molecule is C=C/C=C(\C=C)CNC(=O)C(NC(=O)CNC(=O)C(=O)C(N)CCC)c1ccccc1.CC. The lowest BCUT2D eigenvalue weighted by Crippen LogP contribution is -2.47. The van der Waals surface area contributed by atoms with Crippen LogP contribution in [0.1, 0.15) is 45.2 Å². The first-order chi connectivity index (χ1) is 15.8. The predicted molar refractivity (Wildman–Crippen MR) is 131 cm³/mol. The summed E-state index contributed by atoms with van der Waals surface area (Å²) in [4.78, 5) is 48.9. The molecule has 1 rings (SSSR count). The van der Waals surface area contributed by atoms with Crippen molar-refractivity contribution in [2.45, 2.75) is 45.7 Å². The lowest BCUT2D eigenvalue weighted by molar-refractivity contribution is -0.139. The molecule has 0 aliphatic rings. The third-order valence-corrected chi connectivity index (χ3v) is 4.33. The molecule has 5 N–H and O–H groups in total. The second kappa shape index (κ2) is 17.1. The van der Waals surface area contributed by atoms with E-state index >= 15 is 0 Å². The smallest absolute Gasteiger partial charge is 0.289 e. The van der Waals surface area contributed by atoms with Crippen molar-refractivity contribution in [1.82, 2.24) is 16.0 Å². The fourth-order valence-corrected chi connectivity index (χ4v) is 2.66. The normalized spacial score (nSPS) is 12.2. The summed E-state index contributed by atoms with van der Waals surface area (Å²) in [5, 5.41) is 7.57. The van der Waals surface area contributed by atoms with Gasteiger partial charge in [-0.2, -0.15) is 0 Å². The van der Waals surface area contributed by atoms with Gasteiger partial charge in [-0.3, -0.25) is 19.2 Å². The number of amides is 3. The van der Waals surface area contributed by atoms with Crippen molar-refractivity contribution in [2.24, 2.45) is 5.73 Å². The van der Waals surface area contributed by atoms with Gasteiger partial charge in [-0.15, -0.1) is 0 Å². The van der Waals surface area contributed by atoms with Crippen LogP contribution in [-0.2, 0) is 19.2 Å². The number of hydrogen-bond acceptors (Lipinski definition) is 5. The van der Waals surface area contributed by atoms with Gasteiger partial charge in [0.25, 0.3) is 5.91 Å². The average Bonchev–Trinajstić information content (AvgIpc) is 2.84. The van der Waals surface area contributed by atoms with Crippen molar-refractivity contribution >= 4 is 23.5 Å². The van der Waals surface area contributed by atoms with Gasteiger partial charge in [-0.25, -0.2) is 0 Å². The van der Waals surface area contributed by atoms with Gasteiger partial charge in [0.05, 0.1) is 12.6 Å². The predicted octanol–water partition coefficient (Wildman–Crippen LogP) is 2.10. The monoisotopic (exact) mass is 456 g/mol. The second-order valence-corrected chi connectivity index (χ2v) is 6.75. The molecule has 0 bridgehead atoms. The topological polar surface area (TPSA) is 130 Å². The molecule has 0 saturated carbocycles. The molecule has 0 spiro atoms. The Morgan fingerprint density at radius 2 is 1.67 bits per heavy atom. The van der Waals surface area contributed by atoms with Crippen LogP contribution in [0.3, 0.4) is 0 Å². The highest BCUT2D eigenvalue weighted by Crippen LogP contribution is 2.13. The Hall–Kier alpha value is -3.52.